The van der Waals surface area contributed by atoms with Crippen LogP contribution in [0.3, 0.4) is 0 Å². The third-order valence-corrected chi connectivity index (χ3v) is 2.88. The van der Waals surface area contributed by atoms with Crippen molar-refractivity contribution in [1.82, 2.24) is 15.0 Å². The quantitative estimate of drug-likeness (QED) is 0.860. The van der Waals surface area contributed by atoms with Gasteiger partial charge < -0.3 is 5.32 Å². The van der Waals surface area contributed by atoms with Gasteiger partial charge in [-0.3, -0.25) is 9.78 Å². The molecule has 0 aliphatic heterocycles. The van der Waals surface area contributed by atoms with Crippen LogP contribution in [0.5, 0.6) is 0 Å². The molecule has 1 N–H and O–H groups in total. The highest BCUT2D eigenvalue weighted by Gasteiger charge is 2.12. The van der Waals surface area contributed by atoms with E-state index in [-0.39, 0.29) is 21.9 Å². The summed E-state index contributed by atoms with van der Waals surface area (Å²) in [5, 5.41) is 2.76. The van der Waals surface area contributed by atoms with E-state index in [0.717, 1.165) is 5.69 Å². The van der Waals surface area contributed by atoms with Gasteiger partial charge in [0.15, 0.2) is 11.0 Å². The zero-order valence-corrected chi connectivity index (χ0v) is 10.8. The molecule has 7 heteroatoms. The molecule has 5 nitrogen and oxygen atoms in total. The van der Waals surface area contributed by atoms with Crippen LogP contribution in [0.2, 0.25) is 10.2 Å². The number of aromatic nitrogens is 3. The number of nitrogens with zero attached hydrogens (tertiary/aromatic N) is 3. The van der Waals surface area contributed by atoms with Crippen LogP contribution in [-0.2, 0) is 0 Å². The number of aryl methyl sites for hydroxylation is 1. The molecule has 0 spiro atoms. The van der Waals surface area contributed by atoms with Crippen LogP contribution in [0.4, 0.5) is 5.82 Å². The topological polar surface area (TPSA) is 67.8 Å². The summed E-state index contributed by atoms with van der Waals surface area (Å²) in [5.74, 6) is -0.159. The Balaban J connectivity index is 2.24. The summed E-state index contributed by atoms with van der Waals surface area (Å²) in [6, 6.07) is 3.26. The molecule has 0 saturated carbocycles. The molecule has 2 aromatic rings. The number of nitrogens with one attached hydrogen (secondary N) is 1. The van der Waals surface area contributed by atoms with Gasteiger partial charge in [0.2, 0.25) is 0 Å². The number of amides is 1. The van der Waals surface area contributed by atoms with E-state index in [9.17, 15) is 4.79 Å². The van der Waals surface area contributed by atoms with E-state index in [1.165, 1.54) is 6.33 Å². The minimum absolute atomic E-state index is 0.0906. The van der Waals surface area contributed by atoms with Gasteiger partial charge in [0, 0.05) is 17.5 Å². The van der Waals surface area contributed by atoms with Crippen molar-refractivity contribution in [2.24, 2.45) is 0 Å². The van der Waals surface area contributed by atoms with Gasteiger partial charge in [-0.1, -0.05) is 23.2 Å². The molecule has 0 aliphatic rings. The molecule has 0 fully saturated rings. The van der Waals surface area contributed by atoms with Crippen LogP contribution in [-0.4, -0.2) is 20.9 Å². The summed E-state index contributed by atoms with van der Waals surface area (Å²) in [5.41, 5.74) is 1.21. The lowest BCUT2D eigenvalue weighted by atomic mass is 10.2. The van der Waals surface area contributed by atoms with Crippen LogP contribution in [0, 0.1) is 6.92 Å². The summed E-state index contributed by atoms with van der Waals surface area (Å²) in [7, 11) is 0. The van der Waals surface area contributed by atoms with E-state index >= 15 is 0 Å². The van der Waals surface area contributed by atoms with E-state index in [1.807, 2.05) is 0 Å². The lowest BCUT2D eigenvalue weighted by molar-refractivity contribution is 0.102. The van der Waals surface area contributed by atoms with E-state index in [4.69, 9.17) is 23.2 Å². The molecule has 92 valence electrons. The normalized spacial score (nSPS) is 10.2. The summed E-state index contributed by atoms with van der Waals surface area (Å²) >= 11 is 11.6. The first-order valence-corrected chi connectivity index (χ1v) is 5.73. The first-order chi connectivity index (χ1) is 8.58. The Labute approximate surface area is 113 Å². The number of halogens is 2. The van der Waals surface area contributed by atoms with Gasteiger partial charge in [-0.05, 0) is 19.1 Å². The molecule has 2 aromatic heterocycles. The lowest BCUT2D eigenvalue weighted by Crippen LogP contribution is -2.14. The highest BCUT2D eigenvalue weighted by Crippen LogP contribution is 2.25. The molecular weight excluding hydrogens is 275 g/mol. The van der Waals surface area contributed by atoms with Crippen molar-refractivity contribution in [3.8, 4) is 0 Å². The van der Waals surface area contributed by atoms with Crippen LogP contribution in [0.25, 0.3) is 0 Å². The number of hydrogen-bond acceptors (Lipinski definition) is 4. The van der Waals surface area contributed by atoms with Gasteiger partial charge in [0.05, 0.1) is 0 Å². The maximum absolute atomic E-state index is 11.9. The fraction of sp³-hybridized carbons (Fsp3) is 0.0909. The minimum Gasteiger partial charge on any atom is -0.305 e. The molecule has 2 rings (SSSR count). The predicted molar refractivity (Wildman–Crippen MR) is 69.0 cm³/mol. The maximum atomic E-state index is 11.9. The molecule has 0 radical (unpaired) electrons. The molecule has 0 bridgehead atoms. The third kappa shape index (κ3) is 2.75. The van der Waals surface area contributed by atoms with Crippen LogP contribution in [0.15, 0.2) is 24.7 Å². The lowest BCUT2D eigenvalue weighted by Gasteiger charge is -2.06. The predicted octanol–water partition coefficient (Wildman–Crippen LogP) is 2.74. The van der Waals surface area contributed by atoms with E-state index < -0.39 is 0 Å². The second-order valence-corrected chi connectivity index (χ2v) is 4.20. The van der Waals surface area contributed by atoms with Crippen LogP contribution >= 0.6 is 23.2 Å². The molecule has 0 atom stereocenters. The molecule has 18 heavy (non-hydrogen) atoms. The van der Waals surface area contributed by atoms with Crippen molar-refractivity contribution in [2.45, 2.75) is 6.92 Å². The van der Waals surface area contributed by atoms with Gasteiger partial charge in [0.25, 0.3) is 5.91 Å². The van der Waals surface area contributed by atoms with Crippen LogP contribution < -0.4 is 5.32 Å². The summed E-state index contributed by atoms with van der Waals surface area (Å²) in [6.45, 7) is 1.80. The van der Waals surface area contributed by atoms with Gasteiger partial charge in [0.1, 0.15) is 11.3 Å². The van der Waals surface area contributed by atoms with Crippen molar-refractivity contribution in [2.75, 3.05) is 5.32 Å². The number of anilines is 1. The molecule has 0 aliphatic carbocycles. The Bertz CT molecular complexity index is 603. The Hall–Kier alpha value is -1.72. The Morgan fingerprint density at radius 1 is 1.28 bits per heavy atom. The summed E-state index contributed by atoms with van der Waals surface area (Å²) < 4.78 is 0. The Morgan fingerprint density at radius 2 is 2.06 bits per heavy atom. The van der Waals surface area contributed by atoms with Gasteiger partial charge in [-0.25, -0.2) is 9.97 Å². The van der Waals surface area contributed by atoms with Crippen molar-refractivity contribution in [1.29, 1.82) is 0 Å². The second-order valence-electron chi connectivity index (χ2n) is 3.47. The molecule has 0 saturated heterocycles. The number of carbonyl (C=O) groups is 1. The number of carbonyl (C=O) groups excluding carboxylic acids is 1. The van der Waals surface area contributed by atoms with Crippen molar-refractivity contribution in [3.05, 3.63) is 46.1 Å². The van der Waals surface area contributed by atoms with Crippen LogP contribution in [0.1, 0.15) is 16.1 Å². The molecular formula is C11H8Cl2N4O. The average molecular weight is 283 g/mol. The Kier molecular flexibility index (Phi) is 3.74. The van der Waals surface area contributed by atoms with E-state index in [1.54, 1.807) is 25.3 Å². The zero-order chi connectivity index (χ0) is 13.1. The summed E-state index contributed by atoms with van der Waals surface area (Å²) in [4.78, 5) is 23.5. The monoisotopic (exact) mass is 282 g/mol. The number of rotatable bonds is 2. The molecule has 2 heterocycles. The van der Waals surface area contributed by atoms with Gasteiger partial charge in [-0.15, -0.1) is 0 Å². The highest BCUT2D eigenvalue weighted by atomic mass is 35.5. The average Bonchev–Trinajstić information content (AvgIpc) is 2.35. The summed E-state index contributed by atoms with van der Waals surface area (Å²) in [6.07, 6.45) is 2.78. The smallest absolute Gasteiger partial charge is 0.256 e. The largest absolute Gasteiger partial charge is 0.305 e. The first kappa shape index (κ1) is 12.7. The van der Waals surface area contributed by atoms with E-state index in [2.05, 4.69) is 20.3 Å². The van der Waals surface area contributed by atoms with Crippen molar-refractivity contribution < 1.29 is 4.79 Å². The van der Waals surface area contributed by atoms with Crippen molar-refractivity contribution >= 4 is 34.9 Å². The van der Waals surface area contributed by atoms with E-state index in [0.29, 0.717) is 5.56 Å². The third-order valence-electron chi connectivity index (χ3n) is 2.14. The zero-order valence-electron chi connectivity index (χ0n) is 9.32. The second kappa shape index (κ2) is 5.29. The maximum Gasteiger partial charge on any atom is 0.256 e. The fourth-order valence-electron chi connectivity index (χ4n) is 1.30. The molecule has 0 unspecified atom stereocenters. The molecule has 1 amide bonds. The molecule has 0 aromatic carbocycles. The number of hydrogen-bond donors (Lipinski definition) is 1. The van der Waals surface area contributed by atoms with Crippen molar-refractivity contribution in [3.63, 3.8) is 0 Å². The first-order valence-electron chi connectivity index (χ1n) is 4.98. The SMILES string of the molecule is Cc1cc(C(=O)Nc2ncnc(Cl)c2Cl)ccn1. The highest BCUT2D eigenvalue weighted by molar-refractivity contribution is 6.43. The fourth-order valence-corrected chi connectivity index (χ4v) is 1.58. The Morgan fingerprint density at radius 3 is 2.78 bits per heavy atom. The van der Waals surface area contributed by atoms with Gasteiger partial charge >= 0.3 is 0 Å². The number of pyridine rings is 1. The standard InChI is InChI=1S/C11H8Cl2N4O/c1-6-4-7(2-3-14-6)11(18)17-10-8(12)9(13)15-5-16-10/h2-5H,1H3,(H,15,16,17,18). The minimum atomic E-state index is -0.336. The van der Waals surface area contributed by atoms with Gasteiger partial charge in [-0.2, -0.15) is 0 Å².